The van der Waals surface area contributed by atoms with Crippen LogP contribution in [0.3, 0.4) is 0 Å². The van der Waals surface area contributed by atoms with Crippen molar-refractivity contribution in [2.45, 2.75) is 50.4 Å². The molecule has 0 spiro atoms. The molecule has 0 aliphatic carbocycles. The Hall–Kier alpha value is -1.82. The fourth-order valence-corrected chi connectivity index (χ4v) is 3.46. The lowest BCUT2D eigenvalue weighted by molar-refractivity contribution is -0.138. The molecule has 2 bridgehead atoms. The van der Waals surface area contributed by atoms with Crippen LogP contribution in [0.4, 0.5) is 5.69 Å². The SMILES string of the molecule is Nc1ccc(=O)n(CC(=O)N2C3CCC2CC(O)C3)c1. The summed E-state index contributed by atoms with van der Waals surface area (Å²) in [5.41, 5.74) is 5.89. The summed E-state index contributed by atoms with van der Waals surface area (Å²) >= 11 is 0. The highest BCUT2D eigenvalue weighted by Crippen LogP contribution is 2.35. The van der Waals surface area contributed by atoms with Crippen LogP contribution in [0.2, 0.25) is 0 Å². The summed E-state index contributed by atoms with van der Waals surface area (Å²) < 4.78 is 1.35. The molecule has 6 nitrogen and oxygen atoms in total. The van der Waals surface area contributed by atoms with Crippen LogP contribution in [0.5, 0.6) is 0 Å². The van der Waals surface area contributed by atoms with E-state index in [0.29, 0.717) is 18.5 Å². The fourth-order valence-electron chi connectivity index (χ4n) is 3.46. The van der Waals surface area contributed by atoms with Crippen LogP contribution in [0.25, 0.3) is 0 Å². The van der Waals surface area contributed by atoms with Crippen LogP contribution in [-0.2, 0) is 11.3 Å². The number of carbonyl (C=O) groups is 1. The number of amides is 1. The van der Waals surface area contributed by atoms with E-state index in [4.69, 9.17) is 5.73 Å². The van der Waals surface area contributed by atoms with Gasteiger partial charge in [0.25, 0.3) is 5.56 Å². The van der Waals surface area contributed by atoms with E-state index in [9.17, 15) is 14.7 Å². The zero-order valence-corrected chi connectivity index (χ0v) is 11.2. The van der Waals surface area contributed by atoms with Crippen molar-refractivity contribution in [3.63, 3.8) is 0 Å². The molecule has 1 amide bonds. The van der Waals surface area contributed by atoms with Gasteiger partial charge in [-0.1, -0.05) is 0 Å². The van der Waals surface area contributed by atoms with Gasteiger partial charge in [-0.15, -0.1) is 0 Å². The van der Waals surface area contributed by atoms with Crippen molar-refractivity contribution in [2.75, 3.05) is 5.73 Å². The highest BCUT2D eigenvalue weighted by atomic mass is 16.3. The van der Waals surface area contributed by atoms with Crippen molar-refractivity contribution in [1.82, 2.24) is 9.47 Å². The zero-order valence-electron chi connectivity index (χ0n) is 11.2. The Morgan fingerprint density at radius 2 is 1.95 bits per heavy atom. The minimum Gasteiger partial charge on any atom is -0.398 e. The lowest BCUT2D eigenvalue weighted by Gasteiger charge is -2.37. The highest BCUT2D eigenvalue weighted by molar-refractivity contribution is 5.77. The first-order valence-electron chi connectivity index (χ1n) is 7.00. The van der Waals surface area contributed by atoms with Crippen molar-refractivity contribution in [3.8, 4) is 0 Å². The molecule has 2 atom stereocenters. The van der Waals surface area contributed by atoms with E-state index in [2.05, 4.69) is 0 Å². The largest absolute Gasteiger partial charge is 0.398 e. The van der Waals surface area contributed by atoms with Crippen LogP contribution in [0, 0.1) is 0 Å². The average molecular weight is 277 g/mol. The van der Waals surface area contributed by atoms with Crippen LogP contribution < -0.4 is 11.3 Å². The molecule has 6 heteroatoms. The second-order valence-corrected chi connectivity index (χ2v) is 5.74. The van der Waals surface area contributed by atoms with Gasteiger partial charge in [-0.2, -0.15) is 0 Å². The Bertz CT molecular complexity index is 569. The molecule has 108 valence electrons. The number of nitrogens with zero attached hydrogens (tertiary/aromatic N) is 2. The van der Waals surface area contributed by atoms with Gasteiger partial charge in [-0.25, -0.2) is 0 Å². The number of hydrogen-bond acceptors (Lipinski definition) is 4. The average Bonchev–Trinajstić information content (AvgIpc) is 2.66. The molecule has 2 fully saturated rings. The minimum atomic E-state index is -0.299. The second kappa shape index (κ2) is 4.94. The third kappa shape index (κ3) is 2.31. The molecule has 0 saturated carbocycles. The molecule has 20 heavy (non-hydrogen) atoms. The Balaban J connectivity index is 1.77. The molecule has 3 heterocycles. The number of piperidine rings is 1. The van der Waals surface area contributed by atoms with E-state index in [0.717, 1.165) is 12.8 Å². The van der Waals surface area contributed by atoms with Crippen molar-refractivity contribution in [2.24, 2.45) is 0 Å². The number of aliphatic hydroxyl groups is 1. The fraction of sp³-hybridized carbons (Fsp3) is 0.571. The van der Waals surface area contributed by atoms with Gasteiger partial charge in [0.15, 0.2) is 0 Å². The number of carbonyl (C=O) groups excluding carboxylic acids is 1. The molecule has 0 radical (unpaired) electrons. The molecule has 2 unspecified atom stereocenters. The van der Waals surface area contributed by atoms with E-state index in [1.807, 2.05) is 4.90 Å². The van der Waals surface area contributed by atoms with Gasteiger partial charge in [0.05, 0.1) is 6.10 Å². The maximum absolute atomic E-state index is 12.4. The number of rotatable bonds is 2. The van der Waals surface area contributed by atoms with Crippen molar-refractivity contribution in [1.29, 1.82) is 0 Å². The molecular formula is C14H19N3O3. The van der Waals surface area contributed by atoms with Crippen LogP contribution in [0.15, 0.2) is 23.1 Å². The normalized spacial score (nSPS) is 28.6. The van der Waals surface area contributed by atoms with Gasteiger partial charge in [-0.05, 0) is 31.7 Å². The maximum Gasteiger partial charge on any atom is 0.251 e. The first-order chi connectivity index (χ1) is 9.54. The third-order valence-corrected chi connectivity index (χ3v) is 4.31. The number of aliphatic hydroxyl groups excluding tert-OH is 1. The Labute approximate surface area is 116 Å². The molecule has 0 aromatic carbocycles. The Morgan fingerprint density at radius 3 is 2.60 bits per heavy atom. The number of hydrogen-bond donors (Lipinski definition) is 2. The molecular weight excluding hydrogens is 258 g/mol. The summed E-state index contributed by atoms with van der Waals surface area (Å²) in [6.07, 6.45) is 4.38. The van der Waals surface area contributed by atoms with E-state index >= 15 is 0 Å². The predicted octanol–water partition coefficient (Wildman–Crippen LogP) is -0.0552. The molecule has 1 aromatic heterocycles. The van der Waals surface area contributed by atoms with Crippen molar-refractivity contribution < 1.29 is 9.90 Å². The van der Waals surface area contributed by atoms with Crippen LogP contribution in [0.1, 0.15) is 25.7 Å². The Kier molecular flexibility index (Phi) is 3.25. The minimum absolute atomic E-state index is 0.0208. The first kappa shape index (κ1) is 13.2. The topological polar surface area (TPSA) is 88.6 Å². The van der Waals surface area contributed by atoms with Crippen molar-refractivity contribution in [3.05, 3.63) is 28.7 Å². The van der Waals surface area contributed by atoms with Gasteiger partial charge in [0, 0.05) is 30.0 Å². The molecule has 3 N–H and O–H groups in total. The van der Waals surface area contributed by atoms with Gasteiger partial charge >= 0.3 is 0 Å². The Morgan fingerprint density at radius 1 is 1.30 bits per heavy atom. The molecule has 1 aromatic rings. The summed E-state index contributed by atoms with van der Waals surface area (Å²) in [6.45, 7) is 0.0208. The number of nitrogens with two attached hydrogens (primary N) is 1. The summed E-state index contributed by atoms with van der Waals surface area (Å²) in [5, 5.41) is 9.75. The molecule has 2 saturated heterocycles. The summed E-state index contributed by atoms with van der Waals surface area (Å²) in [7, 11) is 0. The van der Waals surface area contributed by atoms with Crippen LogP contribution >= 0.6 is 0 Å². The van der Waals surface area contributed by atoms with Gasteiger partial charge < -0.3 is 20.3 Å². The third-order valence-electron chi connectivity index (χ3n) is 4.31. The maximum atomic E-state index is 12.4. The van der Waals surface area contributed by atoms with E-state index < -0.39 is 0 Å². The lowest BCUT2D eigenvalue weighted by Crippen LogP contribution is -2.49. The van der Waals surface area contributed by atoms with Gasteiger partial charge in [0.2, 0.25) is 5.91 Å². The van der Waals surface area contributed by atoms with Crippen molar-refractivity contribution >= 4 is 11.6 Å². The van der Waals surface area contributed by atoms with Crippen LogP contribution in [-0.4, -0.2) is 38.7 Å². The zero-order chi connectivity index (χ0) is 14.3. The molecule has 2 aliphatic heterocycles. The number of anilines is 1. The number of fused-ring (bicyclic) bond motifs is 2. The standard InChI is InChI=1S/C14H19N3O3/c15-9-1-4-13(19)16(7-9)8-14(20)17-10-2-3-11(17)6-12(18)5-10/h1,4,7,10-12,18H,2-3,5-6,8,15H2. The monoisotopic (exact) mass is 277 g/mol. The smallest absolute Gasteiger partial charge is 0.251 e. The first-order valence-corrected chi connectivity index (χ1v) is 7.00. The summed E-state index contributed by atoms with van der Waals surface area (Å²) in [6, 6.07) is 3.14. The van der Waals surface area contributed by atoms with Gasteiger partial charge in [0.1, 0.15) is 6.54 Å². The molecule has 3 rings (SSSR count). The summed E-state index contributed by atoms with van der Waals surface area (Å²) in [5.74, 6) is -0.0582. The van der Waals surface area contributed by atoms with E-state index in [1.54, 1.807) is 0 Å². The molecule has 2 aliphatic rings. The predicted molar refractivity (Wildman–Crippen MR) is 74.0 cm³/mol. The van der Waals surface area contributed by atoms with E-state index in [-0.39, 0.29) is 36.2 Å². The highest BCUT2D eigenvalue weighted by Gasteiger charge is 2.42. The lowest BCUT2D eigenvalue weighted by atomic mass is 10.00. The van der Waals surface area contributed by atoms with Gasteiger partial charge in [-0.3, -0.25) is 9.59 Å². The van der Waals surface area contributed by atoms with E-state index in [1.165, 1.54) is 22.9 Å². The number of nitrogen functional groups attached to an aromatic ring is 1. The number of pyridine rings is 1. The number of aromatic nitrogens is 1. The quantitative estimate of drug-likeness (QED) is 0.793. The second-order valence-electron chi connectivity index (χ2n) is 5.74. The summed E-state index contributed by atoms with van der Waals surface area (Å²) in [4.78, 5) is 26.0.